The van der Waals surface area contributed by atoms with Gasteiger partial charge in [0.15, 0.2) is 0 Å². The second kappa shape index (κ2) is 4.80. The minimum atomic E-state index is -3.28. The normalized spacial score (nSPS) is 16.8. The highest BCUT2D eigenvalue weighted by Crippen LogP contribution is 2.35. The fourth-order valence-electron chi connectivity index (χ4n) is 1.93. The molecule has 1 aliphatic rings. The maximum Gasteiger partial charge on any atom is 0.219 e. The minimum Gasteiger partial charge on any atom is -0.399 e. The van der Waals surface area contributed by atoms with E-state index in [1.807, 2.05) is 24.3 Å². The maximum atomic E-state index is 12.6. The van der Waals surface area contributed by atoms with Crippen LogP contribution in [0.3, 0.4) is 0 Å². The van der Waals surface area contributed by atoms with Crippen molar-refractivity contribution in [1.82, 2.24) is 4.31 Å². The smallest absolute Gasteiger partial charge is 0.219 e. The topological polar surface area (TPSA) is 63.4 Å². The third kappa shape index (κ3) is 3.09. The van der Waals surface area contributed by atoms with Gasteiger partial charge in [0.1, 0.15) is 0 Å². The van der Waals surface area contributed by atoms with Gasteiger partial charge >= 0.3 is 0 Å². The molecule has 0 amide bonds. The first-order valence-electron chi connectivity index (χ1n) is 6.57. The zero-order chi connectivity index (χ0) is 14.3. The first-order valence-corrected chi connectivity index (χ1v) is 8.01. The lowest BCUT2D eigenvalue weighted by Gasteiger charge is -2.30. The first-order chi connectivity index (χ1) is 8.72. The molecule has 5 heteroatoms. The highest BCUT2D eigenvalue weighted by Gasteiger charge is 2.43. The third-order valence-electron chi connectivity index (χ3n) is 3.35. The lowest BCUT2D eigenvalue weighted by molar-refractivity contribution is 0.382. The molecule has 0 spiro atoms. The summed E-state index contributed by atoms with van der Waals surface area (Å²) in [7, 11) is -3.28. The van der Waals surface area contributed by atoms with Crippen molar-refractivity contribution in [2.75, 3.05) is 5.73 Å². The molecule has 0 atom stereocenters. The summed E-state index contributed by atoms with van der Waals surface area (Å²) in [6.45, 7) is 5.69. The Kier molecular flexibility index (Phi) is 3.62. The van der Waals surface area contributed by atoms with Gasteiger partial charge in [0.2, 0.25) is 10.0 Å². The largest absolute Gasteiger partial charge is 0.399 e. The summed E-state index contributed by atoms with van der Waals surface area (Å²) >= 11 is 0. The number of sulfonamides is 1. The number of nitrogens with zero attached hydrogens (tertiary/aromatic N) is 1. The van der Waals surface area contributed by atoms with E-state index >= 15 is 0 Å². The second-order valence-electron chi connectivity index (χ2n) is 6.14. The molecule has 2 N–H and O–H groups in total. The van der Waals surface area contributed by atoms with E-state index in [0.29, 0.717) is 12.2 Å². The van der Waals surface area contributed by atoms with Gasteiger partial charge in [-0.2, -0.15) is 4.31 Å². The van der Waals surface area contributed by atoms with Crippen molar-refractivity contribution < 1.29 is 8.42 Å². The molecule has 2 rings (SSSR count). The van der Waals surface area contributed by atoms with Crippen molar-refractivity contribution in [2.45, 2.75) is 50.9 Å². The Morgan fingerprint density at radius 2 is 1.74 bits per heavy atom. The summed E-state index contributed by atoms with van der Waals surface area (Å²) in [5, 5.41) is 0. The fourth-order valence-corrected chi connectivity index (χ4v) is 3.55. The molecule has 4 nitrogen and oxygen atoms in total. The molecule has 1 saturated carbocycles. The van der Waals surface area contributed by atoms with Crippen molar-refractivity contribution in [3.63, 3.8) is 0 Å². The molecule has 0 radical (unpaired) electrons. The zero-order valence-electron chi connectivity index (χ0n) is 11.8. The van der Waals surface area contributed by atoms with Crippen molar-refractivity contribution in [3.8, 4) is 0 Å². The third-order valence-corrected chi connectivity index (χ3v) is 5.95. The molecule has 1 fully saturated rings. The lowest BCUT2D eigenvalue weighted by atomic mass is 10.2. The minimum absolute atomic E-state index is 0.168. The molecule has 19 heavy (non-hydrogen) atoms. The first kappa shape index (κ1) is 14.3. The van der Waals surface area contributed by atoms with Crippen LogP contribution < -0.4 is 5.73 Å². The average molecular weight is 282 g/mol. The second-order valence-corrected chi connectivity index (χ2v) is 8.78. The molecule has 0 aliphatic heterocycles. The Hall–Kier alpha value is -1.07. The van der Waals surface area contributed by atoms with Gasteiger partial charge in [-0.1, -0.05) is 12.1 Å². The molecule has 1 aliphatic carbocycles. The molecular formula is C14H22N2O2S. The predicted octanol–water partition coefficient (Wildman–Crippen LogP) is 2.36. The van der Waals surface area contributed by atoms with Crippen LogP contribution in [-0.2, 0) is 16.6 Å². The van der Waals surface area contributed by atoms with Crippen LogP contribution in [0.5, 0.6) is 0 Å². The zero-order valence-corrected chi connectivity index (χ0v) is 12.6. The van der Waals surface area contributed by atoms with Crippen molar-refractivity contribution in [3.05, 3.63) is 29.8 Å². The van der Waals surface area contributed by atoms with E-state index < -0.39 is 14.8 Å². The average Bonchev–Trinajstić information content (AvgIpc) is 3.10. The van der Waals surface area contributed by atoms with Gasteiger partial charge in [-0.05, 0) is 51.3 Å². The summed E-state index contributed by atoms with van der Waals surface area (Å²) in [6, 6.07) is 7.57. The van der Waals surface area contributed by atoms with Gasteiger partial charge in [-0.3, -0.25) is 0 Å². The summed E-state index contributed by atoms with van der Waals surface area (Å²) in [5.41, 5.74) is 7.33. The molecule has 0 heterocycles. The number of nitrogens with two attached hydrogens (primary N) is 1. The highest BCUT2D eigenvalue weighted by atomic mass is 32.2. The quantitative estimate of drug-likeness (QED) is 0.862. The van der Waals surface area contributed by atoms with Crippen molar-refractivity contribution >= 4 is 15.7 Å². The van der Waals surface area contributed by atoms with Crippen LogP contribution in [0, 0.1) is 0 Å². The molecule has 106 valence electrons. The standard InChI is InChI=1S/C14H22N2O2S/c1-14(2,3)19(17,18)16(13-8-9-13)10-11-4-6-12(15)7-5-11/h4-7,13H,8-10,15H2,1-3H3. The van der Waals surface area contributed by atoms with E-state index in [1.54, 1.807) is 25.1 Å². The summed E-state index contributed by atoms with van der Waals surface area (Å²) in [6.07, 6.45) is 1.93. The molecule has 1 aromatic rings. The van der Waals surface area contributed by atoms with Crippen LogP contribution in [0.2, 0.25) is 0 Å². The molecule has 1 aromatic carbocycles. The van der Waals surface area contributed by atoms with Gasteiger partial charge in [0.25, 0.3) is 0 Å². The summed E-state index contributed by atoms with van der Waals surface area (Å²) in [4.78, 5) is 0. The van der Waals surface area contributed by atoms with Gasteiger partial charge in [-0.15, -0.1) is 0 Å². The maximum absolute atomic E-state index is 12.6. The number of benzene rings is 1. The van der Waals surface area contributed by atoms with Gasteiger partial charge in [0.05, 0.1) is 4.75 Å². The van der Waals surface area contributed by atoms with Crippen LogP contribution in [0.1, 0.15) is 39.2 Å². The molecule has 0 unspecified atom stereocenters. The Morgan fingerprint density at radius 1 is 1.21 bits per heavy atom. The van der Waals surface area contributed by atoms with Crippen LogP contribution in [0.15, 0.2) is 24.3 Å². The lowest BCUT2D eigenvalue weighted by Crippen LogP contribution is -2.43. The highest BCUT2D eigenvalue weighted by molar-refractivity contribution is 7.90. The Labute approximate surface area is 115 Å². The SMILES string of the molecule is CC(C)(C)S(=O)(=O)N(Cc1ccc(N)cc1)C1CC1. The van der Waals surface area contributed by atoms with Crippen molar-refractivity contribution in [1.29, 1.82) is 0 Å². The van der Waals surface area contributed by atoms with E-state index in [1.165, 1.54) is 0 Å². The number of rotatable bonds is 4. The summed E-state index contributed by atoms with van der Waals surface area (Å²) < 4.78 is 26.1. The molecule has 0 saturated heterocycles. The Morgan fingerprint density at radius 3 is 2.16 bits per heavy atom. The number of hydrogen-bond donors (Lipinski definition) is 1. The van der Waals surface area contributed by atoms with E-state index in [-0.39, 0.29) is 6.04 Å². The van der Waals surface area contributed by atoms with Crippen molar-refractivity contribution in [2.24, 2.45) is 0 Å². The number of hydrogen-bond acceptors (Lipinski definition) is 3. The van der Waals surface area contributed by atoms with Gasteiger partial charge in [0, 0.05) is 18.3 Å². The van der Waals surface area contributed by atoms with Crippen LogP contribution in [-0.4, -0.2) is 23.5 Å². The van der Waals surface area contributed by atoms with E-state index in [9.17, 15) is 8.42 Å². The Bertz CT molecular complexity index is 540. The van der Waals surface area contributed by atoms with Crippen LogP contribution in [0.4, 0.5) is 5.69 Å². The fraction of sp³-hybridized carbons (Fsp3) is 0.571. The van der Waals surface area contributed by atoms with Crippen LogP contribution >= 0.6 is 0 Å². The monoisotopic (exact) mass is 282 g/mol. The van der Waals surface area contributed by atoms with E-state index in [2.05, 4.69) is 0 Å². The molecule has 0 bridgehead atoms. The van der Waals surface area contributed by atoms with E-state index in [4.69, 9.17) is 5.73 Å². The number of anilines is 1. The van der Waals surface area contributed by atoms with Gasteiger partial charge in [-0.25, -0.2) is 8.42 Å². The summed E-state index contributed by atoms with van der Waals surface area (Å²) in [5.74, 6) is 0. The molecular weight excluding hydrogens is 260 g/mol. The molecule has 0 aromatic heterocycles. The van der Waals surface area contributed by atoms with Crippen LogP contribution in [0.25, 0.3) is 0 Å². The van der Waals surface area contributed by atoms with E-state index in [0.717, 1.165) is 18.4 Å². The Balaban J connectivity index is 2.25. The van der Waals surface area contributed by atoms with Gasteiger partial charge < -0.3 is 5.73 Å². The predicted molar refractivity (Wildman–Crippen MR) is 78.1 cm³/mol. The number of nitrogen functional groups attached to an aromatic ring is 1.